The number of nitrogens with one attached hydrogen (secondary N) is 2. The van der Waals surface area contributed by atoms with Gasteiger partial charge in [0.25, 0.3) is 0 Å². The maximum absolute atomic E-state index is 13.9. The predicted octanol–water partition coefficient (Wildman–Crippen LogP) is 5.99. The number of esters is 1. The zero-order chi connectivity index (χ0) is 37.4. The van der Waals surface area contributed by atoms with E-state index in [4.69, 9.17) is 9.47 Å². The fraction of sp³-hybridized carbons (Fsp3) is 0.318. The van der Waals surface area contributed by atoms with Gasteiger partial charge in [0, 0.05) is 18.9 Å². The van der Waals surface area contributed by atoms with E-state index in [1.54, 1.807) is 4.90 Å². The van der Waals surface area contributed by atoms with Crippen LogP contribution in [0.4, 0.5) is 4.79 Å². The summed E-state index contributed by atoms with van der Waals surface area (Å²) in [5.74, 6) is -2.03. The van der Waals surface area contributed by atoms with Crippen LogP contribution in [0, 0.1) is 5.92 Å². The van der Waals surface area contributed by atoms with E-state index in [1.165, 1.54) is 0 Å². The fourth-order valence-corrected chi connectivity index (χ4v) is 7.79. The first-order valence-corrected chi connectivity index (χ1v) is 18.6. The van der Waals surface area contributed by atoms with Crippen LogP contribution in [0.25, 0.3) is 11.1 Å². The molecule has 0 fully saturated rings. The second-order valence-corrected chi connectivity index (χ2v) is 14.1. The number of fused-ring (bicyclic) bond motifs is 4. The maximum atomic E-state index is 13.9. The first-order chi connectivity index (χ1) is 26.4. The van der Waals surface area contributed by atoms with Gasteiger partial charge in [-0.3, -0.25) is 9.59 Å². The van der Waals surface area contributed by atoms with E-state index in [0.29, 0.717) is 19.4 Å². The first kappa shape index (κ1) is 36.6. The average molecular weight is 728 g/mol. The molecule has 0 saturated heterocycles. The van der Waals surface area contributed by atoms with Crippen LogP contribution in [0.2, 0.25) is 0 Å². The Kier molecular flexibility index (Phi) is 11.5. The van der Waals surface area contributed by atoms with Crippen LogP contribution in [0.3, 0.4) is 0 Å². The quantitative estimate of drug-likeness (QED) is 0.157. The monoisotopic (exact) mass is 727 g/mol. The molecule has 0 aromatic heterocycles. The van der Waals surface area contributed by atoms with Gasteiger partial charge < -0.3 is 30.1 Å². The minimum Gasteiger partial charge on any atom is -0.462 e. The van der Waals surface area contributed by atoms with Crippen molar-refractivity contribution in [2.45, 2.75) is 62.7 Å². The van der Waals surface area contributed by atoms with E-state index in [-0.39, 0.29) is 62.9 Å². The topological polar surface area (TPSA) is 134 Å². The van der Waals surface area contributed by atoms with Crippen molar-refractivity contribution in [3.05, 3.63) is 143 Å². The van der Waals surface area contributed by atoms with E-state index in [2.05, 4.69) is 22.8 Å². The maximum Gasteiger partial charge on any atom is 0.407 e. The molecule has 278 valence electrons. The van der Waals surface area contributed by atoms with Crippen molar-refractivity contribution in [1.82, 2.24) is 15.5 Å². The first-order valence-electron chi connectivity index (χ1n) is 18.6. The zero-order valence-electron chi connectivity index (χ0n) is 30.1. The predicted molar refractivity (Wildman–Crippen MR) is 203 cm³/mol. The number of amides is 3. The zero-order valence-corrected chi connectivity index (χ0v) is 30.1. The molecular formula is C44H45N3O7. The molecule has 2 aliphatic heterocycles. The third-order valence-electron chi connectivity index (χ3n) is 10.7. The molecule has 1 aliphatic carbocycles. The summed E-state index contributed by atoms with van der Waals surface area (Å²) >= 11 is 0. The molecule has 4 aromatic carbocycles. The molecule has 3 N–H and O–H groups in total. The highest BCUT2D eigenvalue weighted by Gasteiger charge is 2.34. The highest BCUT2D eigenvalue weighted by Crippen LogP contribution is 2.44. The molecular weight excluding hydrogens is 682 g/mol. The normalized spacial score (nSPS) is 21.5. The van der Waals surface area contributed by atoms with Crippen LogP contribution in [0.15, 0.2) is 115 Å². The minimum atomic E-state index is -0.993. The molecule has 4 atom stereocenters. The van der Waals surface area contributed by atoms with Crippen molar-refractivity contribution in [2.24, 2.45) is 5.92 Å². The number of hydrogen-bond acceptors (Lipinski definition) is 7. The molecule has 10 heteroatoms. The van der Waals surface area contributed by atoms with Crippen LogP contribution < -0.4 is 10.6 Å². The van der Waals surface area contributed by atoms with Crippen LogP contribution in [0.5, 0.6) is 0 Å². The van der Waals surface area contributed by atoms with Gasteiger partial charge in [-0.05, 0) is 64.6 Å². The SMILES string of the molecule is O=C(N[C@H]1CCC=CC[C@H](CC(=O)N2Cc3ccccc3C[C@H]2CO)C(=O)N[C@@H](c2ccccc2)COC1=O)OCC1c2ccccc2-c2ccccc21. The van der Waals surface area contributed by atoms with Gasteiger partial charge in [0.2, 0.25) is 11.8 Å². The lowest BCUT2D eigenvalue weighted by molar-refractivity contribution is -0.147. The van der Waals surface area contributed by atoms with Crippen molar-refractivity contribution in [3.8, 4) is 11.1 Å². The summed E-state index contributed by atoms with van der Waals surface area (Å²) in [5.41, 5.74) is 7.26. The number of hydrogen-bond donors (Lipinski definition) is 3. The Morgan fingerprint density at radius 2 is 1.52 bits per heavy atom. The average Bonchev–Trinajstić information content (AvgIpc) is 3.53. The smallest absolute Gasteiger partial charge is 0.407 e. The van der Waals surface area contributed by atoms with Gasteiger partial charge in [0.15, 0.2) is 0 Å². The number of cyclic esters (lactones) is 1. The third kappa shape index (κ3) is 8.24. The molecule has 0 radical (unpaired) electrons. The minimum absolute atomic E-state index is 0.0535. The van der Waals surface area contributed by atoms with Crippen molar-refractivity contribution in [2.75, 3.05) is 19.8 Å². The Labute approximate surface area is 315 Å². The van der Waals surface area contributed by atoms with Crippen molar-refractivity contribution in [3.63, 3.8) is 0 Å². The van der Waals surface area contributed by atoms with E-state index in [1.807, 2.05) is 103 Å². The Morgan fingerprint density at radius 3 is 2.24 bits per heavy atom. The lowest BCUT2D eigenvalue weighted by Crippen LogP contribution is -2.47. The number of alkyl carbamates (subject to hydrolysis) is 1. The second kappa shape index (κ2) is 16.9. The highest BCUT2D eigenvalue weighted by molar-refractivity contribution is 5.87. The van der Waals surface area contributed by atoms with Gasteiger partial charge in [-0.25, -0.2) is 9.59 Å². The Hall–Kier alpha value is -5.74. The molecule has 54 heavy (non-hydrogen) atoms. The number of benzene rings is 4. The van der Waals surface area contributed by atoms with Crippen LogP contribution in [0.1, 0.15) is 65.5 Å². The second-order valence-electron chi connectivity index (χ2n) is 14.1. The van der Waals surface area contributed by atoms with E-state index in [9.17, 15) is 24.3 Å². The van der Waals surface area contributed by atoms with Gasteiger partial charge in [0.05, 0.1) is 24.6 Å². The van der Waals surface area contributed by atoms with E-state index >= 15 is 0 Å². The molecule has 3 amide bonds. The van der Waals surface area contributed by atoms with Crippen LogP contribution in [-0.4, -0.2) is 65.8 Å². The van der Waals surface area contributed by atoms with Gasteiger partial charge >= 0.3 is 12.1 Å². The third-order valence-corrected chi connectivity index (χ3v) is 10.7. The Bertz CT molecular complexity index is 1970. The molecule has 2 heterocycles. The number of aliphatic hydroxyl groups is 1. The van der Waals surface area contributed by atoms with Gasteiger partial charge in [-0.15, -0.1) is 0 Å². The molecule has 7 rings (SSSR count). The number of carbonyl (C=O) groups is 4. The molecule has 4 aromatic rings. The summed E-state index contributed by atoms with van der Waals surface area (Å²) in [6.07, 6.45) is 4.40. The fourth-order valence-electron chi connectivity index (χ4n) is 7.79. The molecule has 10 nitrogen and oxygen atoms in total. The summed E-state index contributed by atoms with van der Waals surface area (Å²) in [6, 6.07) is 31.1. The number of allylic oxidation sites excluding steroid dienone is 2. The standard InChI is InChI=1S/C44H45N3O7/c48-26-33-23-30-15-7-8-17-32(30)25-47(33)41(49)24-31-16-5-2-6-22-39(43(51)53-28-40(45-42(31)50)29-13-3-1-4-14-29)46-44(52)54-27-38-36-20-11-9-18-34(36)35-19-10-12-21-37(35)38/h1-5,7-15,17-21,31,33,38-40,48H,6,16,22-28H2,(H,45,50)(H,46,52)/t31-,33+,39+,40-/m1/s1. The number of ether oxygens (including phenoxy) is 2. The van der Waals surface area contributed by atoms with Crippen LogP contribution >= 0.6 is 0 Å². The molecule has 0 spiro atoms. The summed E-state index contributed by atoms with van der Waals surface area (Å²) in [6.45, 7) is 0.113. The molecule has 3 aliphatic rings. The van der Waals surface area contributed by atoms with Crippen LogP contribution in [-0.2, 0) is 36.8 Å². The lowest BCUT2D eigenvalue weighted by Gasteiger charge is -2.36. The molecule has 0 unspecified atom stereocenters. The van der Waals surface area contributed by atoms with E-state index in [0.717, 1.165) is 38.9 Å². The number of aliphatic hydroxyl groups excluding tert-OH is 1. The Morgan fingerprint density at radius 1 is 0.852 bits per heavy atom. The summed E-state index contributed by atoms with van der Waals surface area (Å²) < 4.78 is 11.5. The summed E-state index contributed by atoms with van der Waals surface area (Å²) in [7, 11) is 0. The van der Waals surface area contributed by atoms with Gasteiger partial charge in [-0.1, -0.05) is 115 Å². The molecule has 0 saturated carbocycles. The Balaban J connectivity index is 1.04. The van der Waals surface area contributed by atoms with Gasteiger partial charge in [0.1, 0.15) is 19.3 Å². The summed E-state index contributed by atoms with van der Waals surface area (Å²) in [5, 5.41) is 15.9. The largest absolute Gasteiger partial charge is 0.462 e. The molecule has 0 bridgehead atoms. The van der Waals surface area contributed by atoms with Crippen molar-refractivity contribution >= 4 is 23.9 Å². The van der Waals surface area contributed by atoms with Crippen molar-refractivity contribution in [1.29, 1.82) is 0 Å². The van der Waals surface area contributed by atoms with Gasteiger partial charge in [-0.2, -0.15) is 0 Å². The number of nitrogens with zero attached hydrogens (tertiary/aromatic N) is 1. The summed E-state index contributed by atoms with van der Waals surface area (Å²) in [4.78, 5) is 56.1. The number of carbonyl (C=O) groups excluding carboxylic acids is 4. The lowest BCUT2D eigenvalue weighted by atomic mass is 9.92. The van der Waals surface area contributed by atoms with E-state index < -0.39 is 30.1 Å². The highest BCUT2D eigenvalue weighted by atomic mass is 16.6. The van der Waals surface area contributed by atoms with Crippen molar-refractivity contribution < 1.29 is 33.8 Å². The number of rotatable bonds is 7.